The molecular weight excluding hydrogens is 544 g/mol. The van der Waals surface area contributed by atoms with Gasteiger partial charge in [-0.3, -0.25) is 4.99 Å². The first-order valence-corrected chi connectivity index (χ1v) is 15.3. The maximum atomic E-state index is 4.55. The summed E-state index contributed by atoms with van der Waals surface area (Å²) in [6.45, 7) is 14.2. The van der Waals surface area contributed by atoms with Gasteiger partial charge in [-0.1, -0.05) is 104 Å². The van der Waals surface area contributed by atoms with Crippen molar-refractivity contribution in [3.63, 3.8) is 0 Å². The number of nitrogens with zero attached hydrogens (tertiary/aromatic N) is 1. The number of aliphatic imine (C=N–C) groups is 1. The summed E-state index contributed by atoms with van der Waals surface area (Å²) >= 11 is 0. The number of aromatic nitrogens is 1. The normalized spacial score (nSPS) is 14.4. The Morgan fingerprint density at radius 2 is 1.64 bits per heavy atom. The third kappa shape index (κ3) is 5.33. The minimum atomic E-state index is 0.752. The molecule has 1 aliphatic carbocycles. The third-order valence-corrected chi connectivity index (χ3v) is 8.87. The lowest BCUT2D eigenvalue weighted by atomic mass is 9.89. The third-order valence-electron chi connectivity index (χ3n) is 8.87. The number of rotatable bonds is 8. The molecule has 0 fully saturated rings. The van der Waals surface area contributed by atoms with Gasteiger partial charge in [-0.2, -0.15) is 0 Å². The number of allylic oxidation sites excluding steroid dienone is 10. The van der Waals surface area contributed by atoms with Crippen molar-refractivity contribution in [3.05, 3.63) is 179 Å². The fourth-order valence-corrected chi connectivity index (χ4v) is 6.29. The molecule has 0 atom stereocenters. The van der Waals surface area contributed by atoms with Crippen LogP contribution in [0.5, 0.6) is 0 Å². The molecule has 216 valence electrons. The summed E-state index contributed by atoms with van der Waals surface area (Å²) in [5, 5.41) is 3.59. The Hall–Kier alpha value is -5.69. The van der Waals surface area contributed by atoms with Crippen LogP contribution in [0.4, 0.5) is 0 Å². The van der Waals surface area contributed by atoms with Gasteiger partial charge in [-0.05, 0) is 110 Å². The summed E-state index contributed by atoms with van der Waals surface area (Å²) in [5.41, 5.74) is 17.8. The molecule has 0 saturated heterocycles. The van der Waals surface area contributed by atoms with Crippen molar-refractivity contribution in [2.45, 2.75) is 13.8 Å². The molecule has 2 heteroatoms. The van der Waals surface area contributed by atoms with Crippen molar-refractivity contribution in [2.75, 3.05) is 6.54 Å². The van der Waals surface area contributed by atoms with Crippen LogP contribution in [0.3, 0.4) is 0 Å². The lowest BCUT2D eigenvalue weighted by molar-refractivity contribution is 1.30. The van der Waals surface area contributed by atoms with Gasteiger partial charge < -0.3 is 4.98 Å². The first-order valence-electron chi connectivity index (χ1n) is 15.3. The Bertz CT molecular complexity index is 2240. The molecule has 2 aliphatic rings. The Morgan fingerprint density at radius 1 is 0.844 bits per heavy atom. The molecule has 45 heavy (non-hydrogen) atoms. The van der Waals surface area contributed by atoms with Crippen LogP contribution in [0.2, 0.25) is 0 Å². The first kappa shape index (κ1) is 28.1. The molecule has 0 bridgehead atoms. The van der Waals surface area contributed by atoms with Gasteiger partial charge in [-0.15, -0.1) is 5.73 Å². The Kier molecular flexibility index (Phi) is 7.35. The van der Waals surface area contributed by atoms with Crippen LogP contribution in [0, 0.1) is 6.92 Å². The maximum Gasteiger partial charge on any atom is 0.0646 e. The predicted octanol–water partition coefficient (Wildman–Crippen LogP) is 11.0. The lowest BCUT2D eigenvalue weighted by Crippen LogP contribution is -1.94. The van der Waals surface area contributed by atoms with E-state index < -0.39 is 0 Å². The molecule has 5 aromatic rings. The quantitative estimate of drug-likeness (QED) is 0.140. The van der Waals surface area contributed by atoms with Crippen molar-refractivity contribution >= 4 is 44.6 Å². The van der Waals surface area contributed by atoms with Crippen LogP contribution in [0.15, 0.2) is 162 Å². The van der Waals surface area contributed by atoms with Crippen LogP contribution >= 0.6 is 0 Å². The van der Waals surface area contributed by atoms with Crippen molar-refractivity contribution in [1.82, 2.24) is 4.98 Å². The van der Waals surface area contributed by atoms with Gasteiger partial charge in [0.25, 0.3) is 0 Å². The van der Waals surface area contributed by atoms with E-state index in [4.69, 9.17) is 0 Å². The minimum absolute atomic E-state index is 0.752. The average molecular weight is 579 g/mol. The molecule has 1 aliphatic heterocycles. The summed E-state index contributed by atoms with van der Waals surface area (Å²) < 4.78 is 0. The minimum Gasteiger partial charge on any atom is -0.360 e. The molecule has 2 nitrogen and oxygen atoms in total. The summed E-state index contributed by atoms with van der Waals surface area (Å²) in [5.74, 6) is 0. The fraction of sp³-hybridized carbons (Fsp3) is 0.0698. The van der Waals surface area contributed by atoms with E-state index in [1.165, 1.54) is 49.6 Å². The van der Waals surface area contributed by atoms with E-state index >= 15 is 0 Å². The molecule has 0 unspecified atom stereocenters. The van der Waals surface area contributed by atoms with Crippen molar-refractivity contribution in [2.24, 2.45) is 4.99 Å². The topological polar surface area (TPSA) is 28.1 Å². The summed E-state index contributed by atoms with van der Waals surface area (Å²) in [6, 6.07) is 28.1. The Morgan fingerprint density at radius 3 is 2.42 bits per heavy atom. The van der Waals surface area contributed by atoms with E-state index in [0.29, 0.717) is 0 Å². The number of H-pyrrole nitrogens is 1. The molecule has 7 rings (SSSR count). The highest BCUT2D eigenvalue weighted by atomic mass is 14.7. The monoisotopic (exact) mass is 578 g/mol. The van der Waals surface area contributed by atoms with Gasteiger partial charge in [0.15, 0.2) is 0 Å². The molecule has 0 saturated carbocycles. The number of benzene rings is 4. The molecule has 4 aromatic carbocycles. The molecule has 1 aromatic heterocycles. The number of aromatic amines is 1. The molecule has 2 heterocycles. The molecule has 0 radical (unpaired) electrons. The molecule has 0 spiro atoms. The number of fused-ring (bicyclic) bond motifs is 2. The maximum absolute atomic E-state index is 4.55. The predicted molar refractivity (Wildman–Crippen MR) is 194 cm³/mol. The van der Waals surface area contributed by atoms with E-state index in [1.807, 2.05) is 18.4 Å². The van der Waals surface area contributed by atoms with Crippen molar-refractivity contribution in [1.29, 1.82) is 0 Å². The van der Waals surface area contributed by atoms with Gasteiger partial charge in [0.2, 0.25) is 0 Å². The second-order valence-corrected chi connectivity index (χ2v) is 11.7. The standard InChI is InChI=1S/C43H34N2/c1-28-9-7-11-32(28)16-15-29(2)41(25-30(3)37-14-8-12-34-10-5-6-13-39(34)37)38-21-22-40-42(27-45-43(40)31(38)4)35-19-17-33(18-20-35)36-23-24-44-26-36/h5-6,8-25,27,45H,2-3,26H2,1,4H3/b16-15-,41-25-. The first-order chi connectivity index (χ1) is 22.0. The number of hydrogen-bond donors (Lipinski definition) is 1. The summed E-state index contributed by atoms with van der Waals surface area (Å²) in [4.78, 5) is 7.93. The Labute approximate surface area is 264 Å². The van der Waals surface area contributed by atoms with Gasteiger partial charge in [-0.25, -0.2) is 0 Å². The Balaban J connectivity index is 1.30. The van der Waals surface area contributed by atoms with Crippen LogP contribution in [0.1, 0.15) is 29.2 Å². The second-order valence-electron chi connectivity index (χ2n) is 11.7. The molecule has 1 N–H and O–H groups in total. The van der Waals surface area contributed by atoms with E-state index in [9.17, 15) is 0 Å². The van der Waals surface area contributed by atoms with Crippen LogP contribution in [-0.4, -0.2) is 17.7 Å². The number of hydrogen-bond acceptors (Lipinski definition) is 1. The van der Waals surface area contributed by atoms with Gasteiger partial charge in [0.1, 0.15) is 0 Å². The zero-order chi connectivity index (χ0) is 30.9. The van der Waals surface area contributed by atoms with Gasteiger partial charge in [0, 0.05) is 28.9 Å². The molecular formula is C43H34N2. The smallest absolute Gasteiger partial charge is 0.0646 e. The summed E-state index contributed by atoms with van der Waals surface area (Å²) in [6.07, 6.45) is 16.5. The SMILES string of the molecule is C=C(/C=C\C1=C(C)C=C=C1)/C(=C/C(=C)c1cccc2ccccc12)c1ccc2c(-c3ccc(C4=CC=NC4)cc3)c[nH]c2c1C. The number of nitrogens with one attached hydrogen (secondary N) is 1. The van der Waals surface area contributed by atoms with Crippen molar-refractivity contribution < 1.29 is 0 Å². The average Bonchev–Trinajstić information content (AvgIpc) is 3.85. The van der Waals surface area contributed by atoms with E-state index in [-0.39, 0.29) is 0 Å². The van der Waals surface area contributed by atoms with Gasteiger partial charge in [0.05, 0.1) is 6.54 Å². The lowest BCUT2D eigenvalue weighted by Gasteiger charge is -2.15. The zero-order valence-electron chi connectivity index (χ0n) is 25.7. The number of aryl methyl sites for hydroxylation is 1. The molecule has 0 amide bonds. The van der Waals surface area contributed by atoms with E-state index in [0.717, 1.165) is 45.5 Å². The highest BCUT2D eigenvalue weighted by molar-refractivity contribution is 6.03. The van der Waals surface area contributed by atoms with Crippen LogP contribution in [0.25, 0.3) is 49.5 Å². The highest BCUT2D eigenvalue weighted by Crippen LogP contribution is 2.37. The summed E-state index contributed by atoms with van der Waals surface area (Å²) in [7, 11) is 0. The van der Waals surface area contributed by atoms with Crippen molar-refractivity contribution in [3.8, 4) is 11.1 Å². The van der Waals surface area contributed by atoms with Crippen LogP contribution in [-0.2, 0) is 0 Å². The van der Waals surface area contributed by atoms with E-state index in [1.54, 1.807) is 0 Å². The largest absolute Gasteiger partial charge is 0.360 e. The zero-order valence-corrected chi connectivity index (χ0v) is 25.7. The van der Waals surface area contributed by atoms with Gasteiger partial charge >= 0.3 is 0 Å². The fourth-order valence-electron chi connectivity index (χ4n) is 6.29. The highest BCUT2D eigenvalue weighted by Gasteiger charge is 2.16. The second kappa shape index (κ2) is 11.8. The van der Waals surface area contributed by atoms with Crippen LogP contribution < -0.4 is 0 Å². The van der Waals surface area contributed by atoms with E-state index in [2.05, 4.69) is 152 Å².